The van der Waals surface area contributed by atoms with Gasteiger partial charge in [-0.05, 0) is 49.2 Å². The number of imide groups is 1. The van der Waals surface area contributed by atoms with Crippen molar-refractivity contribution in [2.75, 3.05) is 13.1 Å². The standard InChI is InChI=1S/C20H21N3O3.ClH/c21-10-3-4-11-22-18(24)15-7-5-6-14(12-15)13-23-19(25)16-8-1-2-9-17(16)20(23)26;/h1-2,5-9,12H,3-4,10-11,13,21H2,(H,22,24);1H. The van der Waals surface area contributed by atoms with E-state index >= 15 is 0 Å². The molecule has 1 aliphatic rings. The average Bonchev–Trinajstić information content (AvgIpc) is 2.91. The number of unbranched alkanes of at least 4 members (excludes halogenated alkanes) is 1. The molecule has 0 radical (unpaired) electrons. The molecule has 0 bridgehead atoms. The van der Waals surface area contributed by atoms with Crippen LogP contribution in [0.5, 0.6) is 0 Å². The Labute approximate surface area is 164 Å². The van der Waals surface area contributed by atoms with E-state index in [9.17, 15) is 14.4 Å². The highest BCUT2D eigenvalue weighted by molar-refractivity contribution is 6.21. The summed E-state index contributed by atoms with van der Waals surface area (Å²) < 4.78 is 0. The molecule has 2 aromatic carbocycles. The summed E-state index contributed by atoms with van der Waals surface area (Å²) in [5, 5.41) is 2.84. The molecule has 0 saturated heterocycles. The van der Waals surface area contributed by atoms with E-state index < -0.39 is 0 Å². The Morgan fingerprint density at radius 1 is 0.963 bits per heavy atom. The lowest BCUT2D eigenvalue weighted by molar-refractivity contribution is 0.0642. The Hall–Kier alpha value is -2.70. The van der Waals surface area contributed by atoms with Crippen molar-refractivity contribution >= 4 is 30.1 Å². The number of carbonyl (C=O) groups excluding carboxylic acids is 3. The largest absolute Gasteiger partial charge is 0.352 e. The third kappa shape index (κ3) is 4.53. The predicted molar refractivity (Wildman–Crippen MR) is 105 cm³/mol. The fraction of sp³-hybridized carbons (Fsp3) is 0.250. The fourth-order valence-corrected chi connectivity index (χ4v) is 2.95. The monoisotopic (exact) mass is 387 g/mol. The summed E-state index contributed by atoms with van der Waals surface area (Å²) in [6.07, 6.45) is 1.69. The van der Waals surface area contributed by atoms with Gasteiger partial charge < -0.3 is 11.1 Å². The Bertz CT molecular complexity index is 819. The first kappa shape index (κ1) is 20.6. The van der Waals surface area contributed by atoms with Crippen LogP contribution in [0.1, 0.15) is 49.5 Å². The molecule has 0 aromatic heterocycles. The minimum atomic E-state index is -0.303. The van der Waals surface area contributed by atoms with E-state index in [4.69, 9.17) is 5.73 Å². The highest BCUT2D eigenvalue weighted by Crippen LogP contribution is 2.24. The van der Waals surface area contributed by atoms with E-state index in [1.807, 2.05) is 0 Å². The number of carbonyl (C=O) groups is 3. The molecule has 27 heavy (non-hydrogen) atoms. The SMILES string of the molecule is Cl.NCCCCNC(=O)c1cccc(CN2C(=O)c3ccccc3C2=O)c1. The van der Waals surface area contributed by atoms with Gasteiger partial charge in [0.2, 0.25) is 0 Å². The van der Waals surface area contributed by atoms with Crippen LogP contribution in [0, 0.1) is 0 Å². The molecule has 142 valence electrons. The third-order valence-electron chi connectivity index (χ3n) is 4.32. The maximum atomic E-state index is 12.4. The van der Waals surface area contributed by atoms with Crippen molar-refractivity contribution in [1.29, 1.82) is 0 Å². The van der Waals surface area contributed by atoms with Crippen LogP contribution in [0.3, 0.4) is 0 Å². The van der Waals surface area contributed by atoms with E-state index in [0.29, 0.717) is 29.8 Å². The van der Waals surface area contributed by atoms with Gasteiger partial charge in [0.15, 0.2) is 0 Å². The molecule has 0 fully saturated rings. The van der Waals surface area contributed by atoms with Crippen molar-refractivity contribution in [1.82, 2.24) is 10.2 Å². The number of hydrogen-bond acceptors (Lipinski definition) is 4. The lowest BCUT2D eigenvalue weighted by Gasteiger charge is -2.14. The van der Waals surface area contributed by atoms with Crippen molar-refractivity contribution in [3.05, 3.63) is 70.8 Å². The van der Waals surface area contributed by atoms with Crippen LogP contribution < -0.4 is 11.1 Å². The molecule has 0 saturated carbocycles. The topological polar surface area (TPSA) is 92.5 Å². The molecule has 3 amide bonds. The van der Waals surface area contributed by atoms with Crippen molar-refractivity contribution in [2.45, 2.75) is 19.4 Å². The van der Waals surface area contributed by atoms with Gasteiger partial charge in [-0.15, -0.1) is 12.4 Å². The maximum Gasteiger partial charge on any atom is 0.261 e. The maximum absolute atomic E-state index is 12.4. The average molecular weight is 388 g/mol. The van der Waals surface area contributed by atoms with Crippen molar-refractivity contribution < 1.29 is 14.4 Å². The lowest BCUT2D eigenvalue weighted by Crippen LogP contribution is -2.29. The summed E-state index contributed by atoms with van der Waals surface area (Å²) in [6.45, 7) is 1.31. The molecule has 3 rings (SSSR count). The van der Waals surface area contributed by atoms with Crippen LogP contribution in [0.25, 0.3) is 0 Å². The molecule has 0 unspecified atom stereocenters. The number of halogens is 1. The van der Waals surface area contributed by atoms with E-state index in [2.05, 4.69) is 5.32 Å². The predicted octanol–water partition coefficient (Wildman–Crippen LogP) is 2.37. The van der Waals surface area contributed by atoms with Crippen LogP contribution in [0.15, 0.2) is 48.5 Å². The fourth-order valence-electron chi connectivity index (χ4n) is 2.95. The van der Waals surface area contributed by atoms with Crippen LogP contribution in [0.4, 0.5) is 0 Å². The van der Waals surface area contributed by atoms with Gasteiger partial charge in [-0.25, -0.2) is 0 Å². The second-order valence-electron chi connectivity index (χ2n) is 6.19. The third-order valence-corrected chi connectivity index (χ3v) is 4.32. The summed E-state index contributed by atoms with van der Waals surface area (Å²) in [4.78, 5) is 38.3. The van der Waals surface area contributed by atoms with E-state index in [1.165, 1.54) is 4.90 Å². The summed E-state index contributed by atoms with van der Waals surface area (Å²) in [5.74, 6) is -0.782. The molecule has 1 heterocycles. The highest BCUT2D eigenvalue weighted by Gasteiger charge is 2.34. The number of benzene rings is 2. The van der Waals surface area contributed by atoms with Crippen molar-refractivity contribution in [3.63, 3.8) is 0 Å². The summed E-state index contributed by atoms with van der Waals surface area (Å²) in [6, 6.07) is 13.8. The molecular weight excluding hydrogens is 366 g/mol. The molecule has 2 aromatic rings. The molecule has 0 atom stereocenters. The first-order valence-electron chi connectivity index (χ1n) is 8.64. The van der Waals surface area contributed by atoms with E-state index in [1.54, 1.807) is 48.5 Å². The van der Waals surface area contributed by atoms with E-state index in [-0.39, 0.29) is 36.7 Å². The van der Waals surface area contributed by atoms with Crippen LogP contribution in [-0.2, 0) is 6.54 Å². The Morgan fingerprint density at radius 2 is 1.63 bits per heavy atom. The van der Waals surface area contributed by atoms with Crippen LogP contribution in [0.2, 0.25) is 0 Å². The second-order valence-corrected chi connectivity index (χ2v) is 6.19. The molecule has 0 spiro atoms. The highest BCUT2D eigenvalue weighted by atomic mass is 35.5. The quantitative estimate of drug-likeness (QED) is 0.563. The van der Waals surface area contributed by atoms with E-state index in [0.717, 1.165) is 18.4 Å². The summed E-state index contributed by atoms with van der Waals surface area (Å²) in [7, 11) is 0. The lowest BCUT2D eigenvalue weighted by atomic mass is 10.1. The van der Waals surface area contributed by atoms with Gasteiger partial charge in [-0.3, -0.25) is 19.3 Å². The van der Waals surface area contributed by atoms with Gasteiger partial charge in [0, 0.05) is 12.1 Å². The molecule has 7 heteroatoms. The minimum Gasteiger partial charge on any atom is -0.352 e. The van der Waals surface area contributed by atoms with Crippen LogP contribution >= 0.6 is 12.4 Å². The van der Waals surface area contributed by atoms with Crippen molar-refractivity contribution in [2.24, 2.45) is 5.73 Å². The number of nitrogens with one attached hydrogen (secondary N) is 1. The molecular formula is C20H22ClN3O3. The zero-order valence-electron chi connectivity index (χ0n) is 14.8. The molecule has 6 nitrogen and oxygen atoms in total. The zero-order chi connectivity index (χ0) is 18.5. The molecule has 0 aliphatic carbocycles. The van der Waals surface area contributed by atoms with Gasteiger partial charge in [0.25, 0.3) is 17.7 Å². The van der Waals surface area contributed by atoms with Gasteiger partial charge in [-0.2, -0.15) is 0 Å². The first-order valence-corrected chi connectivity index (χ1v) is 8.64. The smallest absolute Gasteiger partial charge is 0.261 e. The number of rotatable bonds is 7. The number of nitrogens with zero attached hydrogens (tertiary/aromatic N) is 1. The van der Waals surface area contributed by atoms with Crippen molar-refractivity contribution in [3.8, 4) is 0 Å². The second kappa shape index (κ2) is 9.30. The zero-order valence-corrected chi connectivity index (χ0v) is 15.6. The Morgan fingerprint density at radius 3 is 2.26 bits per heavy atom. The van der Waals surface area contributed by atoms with Gasteiger partial charge in [0.1, 0.15) is 0 Å². The summed E-state index contributed by atoms with van der Waals surface area (Å²) >= 11 is 0. The Kier molecular flexibility index (Phi) is 7.10. The number of amides is 3. The summed E-state index contributed by atoms with van der Waals surface area (Å²) in [5.41, 5.74) is 7.52. The van der Waals surface area contributed by atoms with Gasteiger partial charge >= 0.3 is 0 Å². The Balaban J connectivity index is 0.00000261. The molecule has 1 aliphatic heterocycles. The van der Waals surface area contributed by atoms with Gasteiger partial charge in [-0.1, -0.05) is 24.3 Å². The number of fused-ring (bicyclic) bond motifs is 1. The van der Waals surface area contributed by atoms with Gasteiger partial charge in [0.05, 0.1) is 17.7 Å². The number of nitrogens with two attached hydrogens (primary N) is 1. The number of hydrogen-bond donors (Lipinski definition) is 2. The minimum absolute atomic E-state index is 0. The van der Waals surface area contributed by atoms with Crippen LogP contribution in [-0.4, -0.2) is 35.7 Å². The molecule has 3 N–H and O–H groups in total. The first-order chi connectivity index (χ1) is 12.6. The normalized spacial score (nSPS) is 12.6.